The van der Waals surface area contributed by atoms with Crippen molar-refractivity contribution in [3.05, 3.63) is 65.5 Å². The first-order chi connectivity index (χ1) is 11.1. The summed E-state index contributed by atoms with van der Waals surface area (Å²) < 4.78 is 18.9. The van der Waals surface area contributed by atoms with Crippen LogP contribution in [0.15, 0.2) is 48.5 Å². The number of benzene rings is 2. The summed E-state index contributed by atoms with van der Waals surface area (Å²) >= 11 is 0. The van der Waals surface area contributed by atoms with Crippen molar-refractivity contribution in [1.29, 1.82) is 0 Å². The summed E-state index contributed by atoms with van der Waals surface area (Å²) in [5, 5.41) is 2.83. The van der Waals surface area contributed by atoms with Crippen molar-refractivity contribution in [2.24, 2.45) is 5.73 Å². The monoisotopic (exact) mass is 316 g/mol. The molecule has 3 N–H and O–H groups in total. The van der Waals surface area contributed by atoms with Crippen LogP contribution in [0.1, 0.15) is 29.3 Å². The van der Waals surface area contributed by atoms with E-state index in [0.717, 1.165) is 5.56 Å². The van der Waals surface area contributed by atoms with E-state index in [4.69, 9.17) is 10.5 Å². The normalized spacial score (nSPS) is 11.8. The average molecular weight is 316 g/mol. The highest BCUT2D eigenvalue weighted by molar-refractivity contribution is 5.94. The number of nitrogens with two attached hydrogens (primary N) is 1. The van der Waals surface area contributed by atoms with Gasteiger partial charge in [-0.1, -0.05) is 25.1 Å². The lowest BCUT2D eigenvalue weighted by Gasteiger charge is -2.18. The highest BCUT2D eigenvalue weighted by Gasteiger charge is 2.12. The molecule has 122 valence electrons. The van der Waals surface area contributed by atoms with Crippen LogP contribution in [0.3, 0.4) is 0 Å². The van der Waals surface area contributed by atoms with Gasteiger partial charge in [0.15, 0.2) is 0 Å². The topological polar surface area (TPSA) is 64.4 Å². The molecule has 1 atom stereocenters. The Bertz CT molecular complexity index is 644. The molecule has 23 heavy (non-hydrogen) atoms. The summed E-state index contributed by atoms with van der Waals surface area (Å²) in [6.45, 7) is 2.75. The largest absolute Gasteiger partial charge is 0.489 e. The SMILES string of the molecule is CCC(CNC(=O)c1ccc(CN)cc1)Oc1cccc(F)c1. The first-order valence-corrected chi connectivity index (χ1v) is 7.61. The second kappa shape index (κ2) is 8.29. The van der Waals surface area contributed by atoms with E-state index < -0.39 is 0 Å². The molecule has 0 aromatic heterocycles. The van der Waals surface area contributed by atoms with Gasteiger partial charge in [0.25, 0.3) is 5.91 Å². The summed E-state index contributed by atoms with van der Waals surface area (Å²) in [5.74, 6) is -0.0605. The maximum Gasteiger partial charge on any atom is 0.251 e. The van der Waals surface area contributed by atoms with E-state index in [2.05, 4.69) is 5.32 Å². The zero-order chi connectivity index (χ0) is 16.7. The standard InChI is InChI=1S/C18H21FN2O2/c1-2-16(23-17-5-3-4-15(19)10-17)12-21-18(22)14-8-6-13(11-20)7-9-14/h3-10,16H,2,11-12,20H2,1H3,(H,21,22). The summed E-state index contributed by atoms with van der Waals surface area (Å²) in [7, 11) is 0. The number of hydrogen-bond acceptors (Lipinski definition) is 3. The maximum absolute atomic E-state index is 13.2. The van der Waals surface area contributed by atoms with Gasteiger partial charge in [-0.15, -0.1) is 0 Å². The fraction of sp³-hybridized carbons (Fsp3) is 0.278. The summed E-state index contributed by atoms with van der Waals surface area (Å²) in [6.07, 6.45) is 0.479. The van der Waals surface area contributed by atoms with Crippen LogP contribution in [0.25, 0.3) is 0 Å². The van der Waals surface area contributed by atoms with Crippen molar-refractivity contribution in [3.8, 4) is 5.75 Å². The molecule has 4 nitrogen and oxygen atoms in total. The van der Waals surface area contributed by atoms with Crippen LogP contribution in [0.2, 0.25) is 0 Å². The first-order valence-electron chi connectivity index (χ1n) is 7.61. The highest BCUT2D eigenvalue weighted by Crippen LogP contribution is 2.15. The molecule has 0 saturated heterocycles. The van der Waals surface area contributed by atoms with E-state index >= 15 is 0 Å². The highest BCUT2D eigenvalue weighted by atomic mass is 19.1. The maximum atomic E-state index is 13.2. The number of amides is 1. The second-order valence-corrected chi connectivity index (χ2v) is 5.22. The molecule has 5 heteroatoms. The van der Waals surface area contributed by atoms with Gasteiger partial charge in [0.05, 0.1) is 6.54 Å². The molecule has 0 aliphatic heterocycles. The molecule has 0 fully saturated rings. The summed E-state index contributed by atoms with van der Waals surface area (Å²) in [5.41, 5.74) is 7.08. The Kier molecular flexibility index (Phi) is 6.11. The second-order valence-electron chi connectivity index (χ2n) is 5.22. The van der Waals surface area contributed by atoms with E-state index in [-0.39, 0.29) is 17.8 Å². The van der Waals surface area contributed by atoms with Gasteiger partial charge in [0.1, 0.15) is 17.7 Å². The van der Waals surface area contributed by atoms with Crippen molar-refractivity contribution in [3.63, 3.8) is 0 Å². The van der Waals surface area contributed by atoms with Gasteiger partial charge in [-0.25, -0.2) is 4.39 Å². The molecule has 0 aliphatic carbocycles. The van der Waals surface area contributed by atoms with Crippen LogP contribution in [0.5, 0.6) is 5.75 Å². The fourth-order valence-corrected chi connectivity index (χ4v) is 2.10. The third-order valence-electron chi connectivity index (χ3n) is 3.50. The smallest absolute Gasteiger partial charge is 0.251 e. The Balaban J connectivity index is 1.90. The van der Waals surface area contributed by atoms with Crippen LogP contribution < -0.4 is 15.8 Å². The van der Waals surface area contributed by atoms with E-state index in [9.17, 15) is 9.18 Å². The molecule has 1 unspecified atom stereocenters. The van der Waals surface area contributed by atoms with Crippen molar-refractivity contribution in [1.82, 2.24) is 5.32 Å². The predicted molar refractivity (Wildman–Crippen MR) is 87.8 cm³/mol. The van der Waals surface area contributed by atoms with Crippen LogP contribution in [-0.4, -0.2) is 18.6 Å². The minimum absolute atomic E-state index is 0.171. The Morgan fingerprint density at radius 3 is 2.61 bits per heavy atom. The van der Waals surface area contributed by atoms with Crippen LogP contribution in [-0.2, 0) is 6.54 Å². The molecule has 1 amide bonds. The number of nitrogens with one attached hydrogen (secondary N) is 1. The van der Waals surface area contributed by atoms with Crippen LogP contribution in [0.4, 0.5) is 4.39 Å². The van der Waals surface area contributed by atoms with Gasteiger partial charge < -0.3 is 15.8 Å². The van der Waals surface area contributed by atoms with E-state index in [0.29, 0.717) is 30.8 Å². The van der Waals surface area contributed by atoms with Crippen molar-refractivity contribution in [2.45, 2.75) is 26.0 Å². The zero-order valence-corrected chi connectivity index (χ0v) is 13.1. The van der Waals surface area contributed by atoms with Gasteiger partial charge in [-0.05, 0) is 36.2 Å². The van der Waals surface area contributed by atoms with E-state index in [1.165, 1.54) is 12.1 Å². The van der Waals surface area contributed by atoms with Gasteiger partial charge in [0.2, 0.25) is 0 Å². The summed E-state index contributed by atoms with van der Waals surface area (Å²) in [6, 6.07) is 13.1. The minimum atomic E-state index is -0.346. The molecule has 2 aromatic carbocycles. The van der Waals surface area contributed by atoms with Crippen LogP contribution in [0, 0.1) is 5.82 Å². The van der Waals surface area contributed by atoms with Crippen molar-refractivity contribution in [2.75, 3.05) is 6.54 Å². The van der Waals surface area contributed by atoms with Gasteiger partial charge >= 0.3 is 0 Å². The lowest BCUT2D eigenvalue weighted by Crippen LogP contribution is -2.35. The predicted octanol–water partition coefficient (Wildman–Crippen LogP) is 2.87. The average Bonchev–Trinajstić information content (AvgIpc) is 2.58. The molecule has 0 heterocycles. The number of rotatable bonds is 7. The molecule has 0 saturated carbocycles. The molecule has 2 aromatic rings. The molecule has 0 radical (unpaired) electrons. The lowest BCUT2D eigenvalue weighted by atomic mass is 10.1. The number of carbonyl (C=O) groups is 1. The number of carbonyl (C=O) groups excluding carboxylic acids is 1. The third kappa shape index (κ3) is 5.07. The Labute approximate surface area is 135 Å². The van der Waals surface area contributed by atoms with E-state index in [1.54, 1.807) is 24.3 Å². The first kappa shape index (κ1) is 17.0. The Morgan fingerprint density at radius 2 is 2.00 bits per heavy atom. The summed E-state index contributed by atoms with van der Waals surface area (Å²) in [4.78, 5) is 12.1. The molecule has 2 rings (SSSR count). The van der Waals surface area contributed by atoms with E-state index in [1.807, 2.05) is 19.1 Å². The van der Waals surface area contributed by atoms with Gasteiger partial charge in [-0.2, -0.15) is 0 Å². The van der Waals surface area contributed by atoms with Crippen molar-refractivity contribution >= 4 is 5.91 Å². The Morgan fingerprint density at radius 1 is 1.26 bits per heavy atom. The molecule has 0 spiro atoms. The van der Waals surface area contributed by atoms with Gasteiger partial charge in [-0.3, -0.25) is 4.79 Å². The van der Waals surface area contributed by atoms with Gasteiger partial charge in [0, 0.05) is 18.2 Å². The fourth-order valence-electron chi connectivity index (χ4n) is 2.10. The number of halogens is 1. The number of ether oxygens (including phenoxy) is 1. The quantitative estimate of drug-likeness (QED) is 0.825. The minimum Gasteiger partial charge on any atom is -0.489 e. The van der Waals surface area contributed by atoms with Crippen LogP contribution >= 0.6 is 0 Å². The molecular formula is C18H21FN2O2. The lowest BCUT2D eigenvalue weighted by molar-refractivity contribution is 0.0926. The molecule has 0 bridgehead atoms. The zero-order valence-electron chi connectivity index (χ0n) is 13.1. The molecular weight excluding hydrogens is 295 g/mol. The third-order valence-corrected chi connectivity index (χ3v) is 3.50. The number of hydrogen-bond donors (Lipinski definition) is 2. The molecule has 0 aliphatic rings. The van der Waals surface area contributed by atoms with Crippen molar-refractivity contribution < 1.29 is 13.9 Å². The Hall–Kier alpha value is -2.40.